The molecule has 0 atom stereocenters. The predicted octanol–water partition coefficient (Wildman–Crippen LogP) is 2.41. The van der Waals surface area contributed by atoms with Gasteiger partial charge in [-0.15, -0.1) is 0 Å². The van der Waals surface area contributed by atoms with Crippen molar-refractivity contribution in [3.05, 3.63) is 41.5 Å². The Morgan fingerprint density at radius 3 is 2.74 bits per heavy atom. The number of carbonyl (C=O) groups is 1. The average molecular weight is 265 g/mol. The molecule has 0 bridgehead atoms. The molecule has 19 heavy (non-hydrogen) atoms. The van der Waals surface area contributed by atoms with Crippen LogP contribution in [0.15, 0.2) is 28.7 Å². The van der Waals surface area contributed by atoms with Gasteiger partial charge in [-0.25, -0.2) is 14.2 Å². The molecule has 0 saturated heterocycles. The fourth-order valence-electron chi connectivity index (χ4n) is 1.59. The lowest BCUT2D eigenvalue weighted by molar-refractivity contribution is 0.0559. The quantitative estimate of drug-likeness (QED) is 0.794. The number of benzene rings is 1. The van der Waals surface area contributed by atoms with E-state index in [0.29, 0.717) is 0 Å². The third kappa shape index (κ3) is 2.63. The average Bonchev–Trinajstić information content (AvgIpc) is 2.83. The molecular weight excluding hydrogens is 253 g/mol. The minimum atomic E-state index is -0.679. The summed E-state index contributed by atoms with van der Waals surface area (Å²) in [6, 6.07) is 6.00. The summed E-state index contributed by atoms with van der Waals surface area (Å²) in [5.74, 6) is -1.22. The number of rotatable bonds is 4. The van der Waals surface area contributed by atoms with Crippen LogP contribution in [0, 0.1) is 5.82 Å². The van der Waals surface area contributed by atoms with Gasteiger partial charge in [0.15, 0.2) is 0 Å². The van der Waals surface area contributed by atoms with Crippen molar-refractivity contribution >= 4 is 5.97 Å². The first-order valence-corrected chi connectivity index (χ1v) is 5.49. The monoisotopic (exact) mass is 265 g/mol. The SMILES string of the molecule is COCc1nc(-c2ccccc2F)oc1C(=O)OC. The van der Waals surface area contributed by atoms with Crippen LogP contribution in [0.25, 0.3) is 11.5 Å². The second kappa shape index (κ2) is 5.62. The number of hydrogen-bond donors (Lipinski definition) is 0. The van der Waals surface area contributed by atoms with Crippen LogP contribution in [-0.2, 0) is 16.1 Å². The highest BCUT2D eigenvalue weighted by atomic mass is 19.1. The van der Waals surface area contributed by atoms with Crippen molar-refractivity contribution in [2.75, 3.05) is 14.2 Å². The molecule has 2 aromatic rings. The summed E-state index contributed by atoms with van der Waals surface area (Å²) in [5, 5.41) is 0. The van der Waals surface area contributed by atoms with Gasteiger partial charge < -0.3 is 13.9 Å². The summed E-state index contributed by atoms with van der Waals surface area (Å²) < 4.78 is 28.4. The molecule has 0 saturated carbocycles. The van der Waals surface area contributed by atoms with E-state index in [2.05, 4.69) is 9.72 Å². The minimum absolute atomic E-state index is 0.0190. The van der Waals surface area contributed by atoms with Gasteiger partial charge >= 0.3 is 5.97 Å². The third-order valence-corrected chi connectivity index (χ3v) is 2.45. The molecule has 6 heteroatoms. The fraction of sp³-hybridized carbons (Fsp3) is 0.231. The maximum atomic E-state index is 13.6. The van der Waals surface area contributed by atoms with Crippen molar-refractivity contribution in [3.8, 4) is 11.5 Å². The van der Waals surface area contributed by atoms with Gasteiger partial charge in [-0.3, -0.25) is 0 Å². The lowest BCUT2D eigenvalue weighted by Crippen LogP contribution is -2.04. The van der Waals surface area contributed by atoms with Gasteiger partial charge in [0.1, 0.15) is 11.5 Å². The summed E-state index contributed by atoms with van der Waals surface area (Å²) in [6.45, 7) is 0.0718. The van der Waals surface area contributed by atoms with Crippen molar-refractivity contribution in [1.82, 2.24) is 4.98 Å². The van der Waals surface area contributed by atoms with E-state index in [1.807, 2.05) is 0 Å². The predicted molar refractivity (Wildman–Crippen MR) is 63.9 cm³/mol. The zero-order chi connectivity index (χ0) is 13.8. The minimum Gasteiger partial charge on any atom is -0.463 e. The third-order valence-electron chi connectivity index (χ3n) is 2.45. The molecule has 1 aromatic carbocycles. The zero-order valence-electron chi connectivity index (χ0n) is 10.5. The van der Waals surface area contributed by atoms with Crippen molar-refractivity contribution in [1.29, 1.82) is 0 Å². The molecule has 0 amide bonds. The van der Waals surface area contributed by atoms with Gasteiger partial charge in [-0.1, -0.05) is 12.1 Å². The number of aromatic nitrogens is 1. The van der Waals surface area contributed by atoms with Crippen LogP contribution in [0.4, 0.5) is 4.39 Å². The summed E-state index contributed by atoms with van der Waals surface area (Å²) in [4.78, 5) is 15.6. The van der Waals surface area contributed by atoms with E-state index in [0.717, 1.165) is 0 Å². The van der Waals surface area contributed by atoms with E-state index in [-0.39, 0.29) is 29.5 Å². The lowest BCUT2D eigenvalue weighted by atomic mass is 10.2. The van der Waals surface area contributed by atoms with Gasteiger partial charge in [0.2, 0.25) is 11.7 Å². The number of esters is 1. The Balaban J connectivity index is 2.48. The van der Waals surface area contributed by atoms with E-state index in [9.17, 15) is 9.18 Å². The van der Waals surface area contributed by atoms with Crippen LogP contribution in [0.2, 0.25) is 0 Å². The molecule has 1 aromatic heterocycles. The Labute approximate surface area is 109 Å². The Morgan fingerprint density at radius 1 is 1.37 bits per heavy atom. The van der Waals surface area contributed by atoms with Gasteiger partial charge in [0.05, 0.1) is 19.3 Å². The molecule has 0 N–H and O–H groups in total. The van der Waals surface area contributed by atoms with Crippen LogP contribution in [0.3, 0.4) is 0 Å². The first-order chi connectivity index (χ1) is 9.17. The van der Waals surface area contributed by atoms with Crippen LogP contribution in [0.1, 0.15) is 16.2 Å². The van der Waals surface area contributed by atoms with Crippen LogP contribution >= 0.6 is 0 Å². The maximum Gasteiger partial charge on any atom is 0.376 e. The molecule has 0 unspecified atom stereocenters. The van der Waals surface area contributed by atoms with Crippen molar-refractivity contribution in [2.45, 2.75) is 6.61 Å². The van der Waals surface area contributed by atoms with E-state index in [1.54, 1.807) is 12.1 Å². The van der Waals surface area contributed by atoms with Crippen LogP contribution in [-0.4, -0.2) is 25.2 Å². The Bertz CT molecular complexity index is 594. The molecule has 0 radical (unpaired) electrons. The largest absolute Gasteiger partial charge is 0.463 e. The van der Waals surface area contributed by atoms with E-state index in [1.165, 1.54) is 26.4 Å². The Kier molecular flexibility index (Phi) is 3.91. The first-order valence-electron chi connectivity index (χ1n) is 5.49. The zero-order valence-corrected chi connectivity index (χ0v) is 10.5. The van der Waals surface area contributed by atoms with Gasteiger partial charge in [0.25, 0.3) is 0 Å². The standard InChI is InChI=1S/C13H12FNO4/c1-17-7-10-11(13(16)18-2)19-12(15-10)8-5-3-4-6-9(8)14/h3-6H,7H2,1-2H3. The lowest BCUT2D eigenvalue weighted by Gasteiger charge is -1.97. The highest BCUT2D eigenvalue weighted by molar-refractivity contribution is 5.87. The Morgan fingerprint density at radius 2 is 2.11 bits per heavy atom. The summed E-state index contributed by atoms with van der Waals surface area (Å²) in [7, 11) is 2.68. The van der Waals surface area contributed by atoms with Crippen molar-refractivity contribution in [3.63, 3.8) is 0 Å². The molecule has 100 valence electrons. The molecule has 1 heterocycles. The van der Waals surface area contributed by atoms with Crippen molar-refractivity contribution in [2.24, 2.45) is 0 Å². The van der Waals surface area contributed by atoms with Gasteiger partial charge in [-0.05, 0) is 12.1 Å². The number of halogens is 1. The molecule has 0 aliphatic heterocycles. The van der Waals surface area contributed by atoms with Crippen LogP contribution < -0.4 is 0 Å². The molecule has 0 aliphatic rings. The molecule has 5 nitrogen and oxygen atoms in total. The number of hydrogen-bond acceptors (Lipinski definition) is 5. The van der Waals surface area contributed by atoms with Crippen LogP contribution in [0.5, 0.6) is 0 Å². The van der Waals surface area contributed by atoms with Gasteiger partial charge in [0, 0.05) is 7.11 Å². The highest BCUT2D eigenvalue weighted by Crippen LogP contribution is 2.25. The second-order valence-electron chi connectivity index (χ2n) is 3.70. The van der Waals surface area contributed by atoms with E-state index in [4.69, 9.17) is 9.15 Å². The topological polar surface area (TPSA) is 61.6 Å². The van der Waals surface area contributed by atoms with Gasteiger partial charge in [-0.2, -0.15) is 0 Å². The Hall–Kier alpha value is -2.21. The maximum absolute atomic E-state index is 13.6. The highest BCUT2D eigenvalue weighted by Gasteiger charge is 2.22. The number of ether oxygens (including phenoxy) is 2. The van der Waals surface area contributed by atoms with E-state index < -0.39 is 11.8 Å². The van der Waals surface area contributed by atoms with Crippen molar-refractivity contribution < 1.29 is 23.1 Å². The summed E-state index contributed by atoms with van der Waals surface area (Å²) >= 11 is 0. The normalized spacial score (nSPS) is 10.5. The first kappa shape index (κ1) is 13.2. The molecular formula is C13H12FNO4. The smallest absolute Gasteiger partial charge is 0.376 e. The number of carbonyl (C=O) groups excluding carboxylic acids is 1. The van der Waals surface area contributed by atoms with E-state index >= 15 is 0 Å². The molecule has 0 spiro atoms. The summed E-state index contributed by atoms with van der Waals surface area (Å²) in [6.07, 6.45) is 0. The molecule has 0 fully saturated rings. The number of nitrogens with zero attached hydrogens (tertiary/aromatic N) is 1. The summed E-state index contributed by atoms with van der Waals surface area (Å²) in [5.41, 5.74) is 0.447. The number of methoxy groups -OCH3 is 2. The fourth-order valence-corrected chi connectivity index (χ4v) is 1.59. The molecule has 0 aliphatic carbocycles. The number of oxazole rings is 1. The second-order valence-corrected chi connectivity index (χ2v) is 3.70. The molecule has 2 rings (SSSR count).